The largest absolute Gasteiger partial charge is 0.360 e. The van der Waals surface area contributed by atoms with Crippen LogP contribution in [0.5, 0.6) is 0 Å². The van der Waals surface area contributed by atoms with Crippen molar-refractivity contribution in [2.24, 2.45) is 0 Å². The number of pyridine rings is 1. The second kappa shape index (κ2) is 5.80. The monoisotopic (exact) mass is 344 g/mol. The Kier molecular flexibility index (Phi) is 3.63. The van der Waals surface area contributed by atoms with Crippen molar-refractivity contribution in [1.29, 1.82) is 5.26 Å². The predicted molar refractivity (Wildman–Crippen MR) is 89.0 cm³/mol. The summed E-state index contributed by atoms with van der Waals surface area (Å²) in [6, 6.07) is 8.05. The smallest absolute Gasteiger partial charge is 0.162 e. The molecule has 0 aliphatic carbocycles. The molecule has 1 atom stereocenters. The van der Waals surface area contributed by atoms with Gasteiger partial charge >= 0.3 is 0 Å². The van der Waals surface area contributed by atoms with Crippen molar-refractivity contribution < 1.29 is 0 Å². The van der Waals surface area contributed by atoms with E-state index in [9.17, 15) is 5.26 Å². The molecule has 8 heteroatoms. The maximum absolute atomic E-state index is 9.29. The van der Waals surface area contributed by atoms with Crippen molar-refractivity contribution in [2.45, 2.75) is 18.8 Å². The number of piperidine rings is 1. The molecule has 0 spiro atoms. The lowest BCUT2D eigenvalue weighted by atomic mass is 9.97. The van der Waals surface area contributed by atoms with Crippen LogP contribution in [-0.4, -0.2) is 32.1 Å². The summed E-state index contributed by atoms with van der Waals surface area (Å²) >= 11 is 7.29. The second-order valence-corrected chi connectivity index (χ2v) is 6.65. The van der Waals surface area contributed by atoms with Gasteiger partial charge in [-0.05, 0) is 36.5 Å². The van der Waals surface area contributed by atoms with E-state index >= 15 is 0 Å². The van der Waals surface area contributed by atoms with Gasteiger partial charge in [-0.15, -0.1) is 10.2 Å². The molecule has 0 bridgehead atoms. The van der Waals surface area contributed by atoms with E-state index in [1.165, 1.54) is 11.5 Å². The Labute approximate surface area is 142 Å². The van der Waals surface area contributed by atoms with E-state index in [1.54, 1.807) is 0 Å². The zero-order valence-corrected chi connectivity index (χ0v) is 13.8. The molecule has 23 heavy (non-hydrogen) atoms. The molecule has 0 radical (unpaired) electrons. The van der Waals surface area contributed by atoms with E-state index in [0.717, 1.165) is 42.4 Å². The molecule has 1 fully saturated rings. The molecular weight excluding hydrogens is 332 g/mol. The first-order chi connectivity index (χ1) is 11.3. The Morgan fingerprint density at radius 3 is 3.13 bits per heavy atom. The van der Waals surface area contributed by atoms with Gasteiger partial charge in [0.15, 0.2) is 10.8 Å². The van der Waals surface area contributed by atoms with Gasteiger partial charge in [0.05, 0.1) is 0 Å². The van der Waals surface area contributed by atoms with Crippen molar-refractivity contribution in [3.05, 3.63) is 40.9 Å². The number of anilines is 1. The Balaban J connectivity index is 1.66. The van der Waals surface area contributed by atoms with E-state index in [0.29, 0.717) is 10.7 Å². The fourth-order valence-electron chi connectivity index (χ4n) is 3.08. The van der Waals surface area contributed by atoms with E-state index in [1.807, 2.05) is 28.8 Å². The van der Waals surface area contributed by atoms with Crippen molar-refractivity contribution >= 4 is 33.8 Å². The summed E-state index contributed by atoms with van der Waals surface area (Å²) in [6.45, 7) is 1.70. The van der Waals surface area contributed by atoms with E-state index < -0.39 is 0 Å². The molecule has 0 unspecified atom stereocenters. The fourth-order valence-corrected chi connectivity index (χ4v) is 4.15. The molecule has 4 heterocycles. The number of fused-ring (bicyclic) bond motifs is 1. The average molecular weight is 345 g/mol. The average Bonchev–Trinajstić information content (AvgIpc) is 3.18. The maximum atomic E-state index is 9.29. The molecule has 3 aromatic rings. The van der Waals surface area contributed by atoms with Gasteiger partial charge in [-0.25, -0.2) is 0 Å². The highest BCUT2D eigenvalue weighted by Crippen LogP contribution is 2.36. The second-order valence-electron chi connectivity index (χ2n) is 5.54. The Morgan fingerprint density at radius 2 is 2.26 bits per heavy atom. The number of halogens is 1. The quantitative estimate of drug-likeness (QED) is 0.714. The van der Waals surface area contributed by atoms with E-state index in [4.69, 9.17) is 11.6 Å². The van der Waals surface area contributed by atoms with Crippen LogP contribution in [0.25, 0.3) is 5.65 Å². The summed E-state index contributed by atoms with van der Waals surface area (Å²) in [6.07, 6.45) is 4.08. The molecule has 1 saturated heterocycles. The summed E-state index contributed by atoms with van der Waals surface area (Å²) < 4.78 is 6.15. The first-order valence-electron chi connectivity index (χ1n) is 7.38. The van der Waals surface area contributed by atoms with E-state index in [-0.39, 0.29) is 5.92 Å². The van der Waals surface area contributed by atoms with Crippen LogP contribution < -0.4 is 4.90 Å². The molecule has 0 saturated carbocycles. The molecule has 3 aromatic heterocycles. The molecule has 4 rings (SSSR count). The van der Waals surface area contributed by atoms with Crippen LogP contribution in [0, 0.1) is 11.3 Å². The van der Waals surface area contributed by atoms with Gasteiger partial charge in [-0.1, -0.05) is 17.7 Å². The number of rotatable bonds is 2. The highest BCUT2D eigenvalue weighted by molar-refractivity contribution is 7.10. The SMILES string of the molecule is N#Cc1c(Cl)nsc1N1CCC[C@H](c2nnc3ccccn23)C1. The molecule has 1 aliphatic rings. The Bertz CT molecular complexity index is 895. The number of hydrogen-bond acceptors (Lipinski definition) is 6. The van der Waals surface area contributed by atoms with Crippen LogP contribution in [0.1, 0.15) is 30.1 Å². The lowest BCUT2D eigenvalue weighted by Gasteiger charge is -2.32. The van der Waals surface area contributed by atoms with Crippen LogP contribution in [-0.2, 0) is 0 Å². The number of nitriles is 1. The third-order valence-electron chi connectivity index (χ3n) is 4.16. The van der Waals surface area contributed by atoms with Gasteiger partial charge in [0.25, 0.3) is 0 Å². The highest BCUT2D eigenvalue weighted by atomic mass is 35.5. The zero-order chi connectivity index (χ0) is 15.8. The van der Waals surface area contributed by atoms with Crippen LogP contribution >= 0.6 is 23.1 Å². The molecule has 116 valence electrons. The van der Waals surface area contributed by atoms with Gasteiger partial charge in [0.2, 0.25) is 0 Å². The number of hydrogen-bond donors (Lipinski definition) is 0. The first-order valence-corrected chi connectivity index (χ1v) is 8.53. The standard InChI is InChI=1S/C15H13ClN6S/c16-13-11(8-17)15(23-20-13)21-6-3-4-10(9-21)14-19-18-12-5-1-2-7-22(12)14/h1-2,5,7,10H,3-4,6,9H2/t10-/m0/s1. The van der Waals surface area contributed by atoms with E-state index in [2.05, 4.69) is 25.5 Å². The first kappa shape index (κ1) is 14.4. The lowest BCUT2D eigenvalue weighted by Crippen LogP contribution is -2.35. The summed E-state index contributed by atoms with van der Waals surface area (Å²) in [5.41, 5.74) is 1.33. The minimum Gasteiger partial charge on any atom is -0.360 e. The summed E-state index contributed by atoms with van der Waals surface area (Å²) in [7, 11) is 0. The normalized spacial score (nSPS) is 18.3. The highest BCUT2D eigenvalue weighted by Gasteiger charge is 2.28. The van der Waals surface area contributed by atoms with Gasteiger partial charge in [0.1, 0.15) is 22.5 Å². The van der Waals surface area contributed by atoms with Gasteiger partial charge in [0, 0.05) is 25.2 Å². The van der Waals surface area contributed by atoms with Crippen molar-refractivity contribution in [1.82, 2.24) is 19.0 Å². The molecular formula is C15H13ClN6S. The summed E-state index contributed by atoms with van der Waals surface area (Å²) in [5.74, 6) is 1.24. The summed E-state index contributed by atoms with van der Waals surface area (Å²) in [5, 5.41) is 19.1. The summed E-state index contributed by atoms with van der Waals surface area (Å²) in [4.78, 5) is 2.19. The lowest BCUT2D eigenvalue weighted by molar-refractivity contribution is 0.490. The molecule has 6 nitrogen and oxygen atoms in total. The van der Waals surface area contributed by atoms with Crippen LogP contribution in [0.2, 0.25) is 5.15 Å². The molecule has 1 aliphatic heterocycles. The molecule has 0 aromatic carbocycles. The van der Waals surface area contributed by atoms with Gasteiger partial charge in [-0.3, -0.25) is 4.40 Å². The minimum absolute atomic E-state index is 0.272. The predicted octanol–water partition coefficient (Wildman–Crippen LogP) is 3.09. The third-order valence-corrected chi connectivity index (χ3v) is 5.44. The minimum atomic E-state index is 0.272. The number of aromatic nitrogens is 4. The Hall–Kier alpha value is -2.17. The fraction of sp³-hybridized carbons (Fsp3) is 0.333. The topological polar surface area (TPSA) is 70.1 Å². The molecule has 0 N–H and O–H groups in total. The van der Waals surface area contributed by atoms with Gasteiger partial charge in [-0.2, -0.15) is 9.64 Å². The van der Waals surface area contributed by atoms with Crippen molar-refractivity contribution in [3.8, 4) is 6.07 Å². The van der Waals surface area contributed by atoms with Crippen LogP contribution in [0.3, 0.4) is 0 Å². The van der Waals surface area contributed by atoms with Crippen LogP contribution in [0.15, 0.2) is 24.4 Å². The third kappa shape index (κ3) is 2.44. The van der Waals surface area contributed by atoms with Gasteiger partial charge < -0.3 is 4.90 Å². The Morgan fingerprint density at radius 1 is 1.35 bits per heavy atom. The van der Waals surface area contributed by atoms with Crippen molar-refractivity contribution in [2.75, 3.05) is 18.0 Å². The number of nitrogens with zero attached hydrogens (tertiary/aromatic N) is 6. The maximum Gasteiger partial charge on any atom is 0.162 e. The van der Waals surface area contributed by atoms with Crippen LogP contribution in [0.4, 0.5) is 5.00 Å². The molecule has 0 amide bonds. The van der Waals surface area contributed by atoms with Crippen molar-refractivity contribution in [3.63, 3.8) is 0 Å². The zero-order valence-electron chi connectivity index (χ0n) is 12.2.